The summed E-state index contributed by atoms with van der Waals surface area (Å²) in [6, 6.07) is 5.32. The SMILES string of the molecule is COc1ccc(Cl)cc1-c1nc(S[C@H](C)C(=O)N2CCCCC2)n[nH]1. The number of carbonyl (C=O) groups is 1. The number of hydrogen-bond donors (Lipinski definition) is 1. The largest absolute Gasteiger partial charge is 0.496 e. The van der Waals surface area contributed by atoms with E-state index in [-0.39, 0.29) is 11.2 Å². The molecule has 1 aromatic heterocycles. The van der Waals surface area contributed by atoms with Gasteiger partial charge < -0.3 is 9.64 Å². The maximum absolute atomic E-state index is 12.5. The summed E-state index contributed by atoms with van der Waals surface area (Å²) in [5, 5.41) is 8.04. The van der Waals surface area contributed by atoms with Crippen LogP contribution >= 0.6 is 23.4 Å². The first-order chi connectivity index (χ1) is 12.1. The normalized spacial score (nSPS) is 15.9. The number of nitrogens with one attached hydrogen (secondary N) is 1. The average molecular weight is 381 g/mol. The number of amides is 1. The smallest absolute Gasteiger partial charge is 0.235 e. The van der Waals surface area contributed by atoms with Gasteiger partial charge in [-0.3, -0.25) is 9.89 Å². The van der Waals surface area contributed by atoms with Crippen molar-refractivity contribution in [1.29, 1.82) is 0 Å². The lowest BCUT2D eigenvalue weighted by Gasteiger charge is -2.28. The Hall–Kier alpha value is -1.73. The van der Waals surface area contributed by atoms with Crippen LogP contribution in [0.3, 0.4) is 0 Å². The number of methoxy groups -OCH3 is 1. The molecule has 1 amide bonds. The van der Waals surface area contributed by atoms with E-state index in [9.17, 15) is 4.79 Å². The number of piperidine rings is 1. The van der Waals surface area contributed by atoms with Gasteiger partial charge in [0, 0.05) is 18.1 Å². The highest BCUT2D eigenvalue weighted by atomic mass is 35.5. The van der Waals surface area contributed by atoms with Gasteiger partial charge in [-0.1, -0.05) is 23.4 Å². The highest BCUT2D eigenvalue weighted by Crippen LogP contribution is 2.32. The molecule has 1 saturated heterocycles. The van der Waals surface area contributed by atoms with Crippen molar-refractivity contribution in [1.82, 2.24) is 20.1 Å². The van der Waals surface area contributed by atoms with E-state index in [4.69, 9.17) is 16.3 Å². The molecule has 8 heteroatoms. The second kappa shape index (κ2) is 8.10. The molecule has 1 N–H and O–H groups in total. The summed E-state index contributed by atoms with van der Waals surface area (Å²) in [6.45, 7) is 3.60. The zero-order chi connectivity index (χ0) is 17.8. The van der Waals surface area contributed by atoms with Crippen LogP contribution in [0.2, 0.25) is 5.02 Å². The number of ether oxygens (including phenoxy) is 1. The molecule has 1 aliphatic heterocycles. The van der Waals surface area contributed by atoms with Crippen molar-refractivity contribution in [2.24, 2.45) is 0 Å². The number of H-pyrrole nitrogens is 1. The lowest BCUT2D eigenvalue weighted by molar-refractivity contribution is -0.131. The molecule has 0 unspecified atom stereocenters. The summed E-state index contributed by atoms with van der Waals surface area (Å²) < 4.78 is 5.35. The highest BCUT2D eigenvalue weighted by Gasteiger charge is 2.24. The van der Waals surface area contributed by atoms with Crippen molar-refractivity contribution in [2.75, 3.05) is 20.2 Å². The Bertz CT molecular complexity index is 746. The van der Waals surface area contributed by atoms with E-state index in [1.807, 2.05) is 11.8 Å². The van der Waals surface area contributed by atoms with Crippen LogP contribution in [-0.4, -0.2) is 51.4 Å². The zero-order valence-electron chi connectivity index (χ0n) is 14.3. The summed E-state index contributed by atoms with van der Waals surface area (Å²) in [4.78, 5) is 19.0. The van der Waals surface area contributed by atoms with Crippen LogP contribution < -0.4 is 4.74 Å². The summed E-state index contributed by atoms with van der Waals surface area (Å²) in [5.41, 5.74) is 0.740. The second-order valence-electron chi connectivity index (χ2n) is 5.96. The first-order valence-electron chi connectivity index (χ1n) is 8.30. The predicted octanol–water partition coefficient (Wildman–Crippen LogP) is 3.63. The molecule has 0 saturated carbocycles. The summed E-state index contributed by atoms with van der Waals surface area (Å²) >= 11 is 7.43. The molecule has 0 spiro atoms. The first kappa shape index (κ1) is 18.1. The minimum atomic E-state index is -0.219. The quantitative estimate of drug-likeness (QED) is 0.802. The number of likely N-dealkylation sites (tertiary alicyclic amines) is 1. The van der Waals surface area contributed by atoms with E-state index in [1.165, 1.54) is 18.2 Å². The second-order valence-corrected chi connectivity index (χ2v) is 7.70. The molecule has 2 heterocycles. The molecule has 0 bridgehead atoms. The minimum Gasteiger partial charge on any atom is -0.496 e. The van der Waals surface area contributed by atoms with Gasteiger partial charge in [0.25, 0.3) is 0 Å². The van der Waals surface area contributed by atoms with E-state index < -0.39 is 0 Å². The van der Waals surface area contributed by atoms with Gasteiger partial charge >= 0.3 is 0 Å². The number of benzene rings is 1. The fourth-order valence-electron chi connectivity index (χ4n) is 2.86. The molecule has 2 aromatic rings. The van der Waals surface area contributed by atoms with E-state index in [0.29, 0.717) is 21.8 Å². The number of rotatable bonds is 5. The third-order valence-electron chi connectivity index (χ3n) is 4.18. The van der Waals surface area contributed by atoms with Gasteiger partial charge in [-0.15, -0.1) is 5.10 Å². The van der Waals surface area contributed by atoms with Crippen molar-refractivity contribution >= 4 is 29.3 Å². The maximum atomic E-state index is 12.5. The van der Waals surface area contributed by atoms with Gasteiger partial charge in [0.15, 0.2) is 5.82 Å². The Morgan fingerprint density at radius 1 is 1.36 bits per heavy atom. The van der Waals surface area contributed by atoms with Crippen LogP contribution in [0.25, 0.3) is 11.4 Å². The third kappa shape index (κ3) is 4.27. The van der Waals surface area contributed by atoms with Crippen LogP contribution in [0.5, 0.6) is 5.75 Å². The van der Waals surface area contributed by atoms with Gasteiger partial charge in [0.1, 0.15) is 5.75 Å². The Kier molecular flexibility index (Phi) is 5.86. The van der Waals surface area contributed by atoms with Crippen LogP contribution in [0.4, 0.5) is 0 Å². The van der Waals surface area contributed by atoms with Crippen LogP contribution in [0.1, 0.15) is 26.2 Å². The van der Waals surface area contributed by atoms with Crippen LogP contribution in [0.15, 0.2) is 23.4 Å². The Balaban J connectivity index is 1.71. The Morgan fingerprint density at radius 3 is 2.84 bits per heavy atom. The standard InChI is InChI=1S/C17H21ClN4O2S/c1-11(16(23)22-8-4-3-5-9-22)25-17-19-15(20-21-17)13-10-12(18)6-7-14(13)24-2/h6-7,10-11H,3-5,8-9H2,1-2H3,(H,19,20,21)/t11-/m1/s1. The number of hydrogen-bond acceptors (Lipinski definition) is 5. The van der Waals surface area contributed by atoms with Gasteiger partial charge in [0.2, 0.25) is 11.1 Å². The molecule has 0 radical (unpaired) electrons. The maximum Gasteiger partial charge on any atom is 0.235 e. The van der Waals surface area contributed by atoms with Gasteiger partial charge in [0.05, 0.1) is 17.9 Å². The van der Waals surface area contributed by atoms with E-state index in [0.717, 1.165) is 31.5 Å². The Morgan fingerprint density at radius 2 is 2.12 bits per heavy atom. The Labute approximate surface area is 156 Å². The topological polar surface area (TPSA) is 71.1 Å². The summed E-state index contributed by atoms with van der Waals surface area (Å²) in [7, 11) is 1.60. The fourth-order valence-corrected chi connectivity index (χ4v) is 3.85. The number of halogens is 1. The molecule has 1 aromatic carbocycles. The van der Waals surface area contributed by atoms with Gasteiger partial charge in [-0.2, -0.15) is 0 Å². The molecular weight excluding hydrogens is 360 g/mol. The van der Waals surface area contributed by atoms with Crippen LogP contribution in [0, 0.1) is 0 Å². The van der Waals surface area contributed by atoms with E-state index in [1.54, 1.807) is 25.3 Å². The van der Waals surface area contributed by atoms with Gasteiger partial charge in [-0.05, 0) is 44.4 Å². The first-order valence-corrected chi connectivity index (χ1v) is 9.56. The summed E-state index contributed by atoms with van der Waals surface area (Å²) in [5.74, 6) is 1.38. The fraction of sp³-hybridized carbons (Fsp3) is 0.471. The third-order valence-corrected chi connectivity index (χ3v) is 5.36. The van der Waals surface area contributed by atoms with E-state index in [2.05, 4.69) is 15.2 Å². The predicted molar refractivity (Wildman–Crippen MR) is 99.1 cm³/mol. The monoisotopic (exact) mass is 380 g/mol. The lowest BCUT2D eigenvalue weighted by Crippen LogP contribution is -2.40. The van der Waals surface area contributed by atoms with Crippen LogP contribution in [-0.2, 0) is 4.79 Å². The molecule has 0 aliphatic carbocycles. The number of aromatic amines is 1. The molecular formula is C17H21ClN4O2S. The molecule has 6 nitrogen and oxygen atoms in total. The molecule has 1 atom stereocenters. The average Bonchev–Trinajstić information content (AvgIpc) is 3.10. The number of aromatic nitrogens is 3. The van der Waals surface area contributed by atoms with Gasteiger partial charge in [-0.25, -0.2) is 4.98 Å². The van der Waals surface area contributed by atoms with Crippen molar-refractivity contribution in [2.45, 2.75) is 36.6 Å². The van der Waals surface area contributed by atoms with E-state index >= 15 is 0 Å². The number of thioether (sulfide) groups is 1. The van der Waals surface area contributed by atoms with Crippen molar-refractivity contribution in [3.63, 3.8) is 0 Å². The molecule has 1 fully saturated rings. The van der Waals surface area contributed by atoms with Crippen molar-refractivity contribution in [3.05, 3.63) is 23.2 Å². The molecule has 1 aliphatic rings. The van der Waals surface area contributed by atoms with Crippen molar-refractivity contribution < 1.29 is 9.53 Å². The highest BCUT2D eigenvalue weighted by molar-refractivity contribution is 8.00. The molecule has 3 rings (SSSR count). The molecule has 134 valence electrons. The number of carbonyl (C=O) groups excluding carboxylic acids is 1. The zero-order valence-corrected chi connectivity index (χ0v) is 15.9. The molecule has 25 heavy (non-hydrogen) atoms. The minimum absolute atomic E-state index is 0.149. The summed E-state index contributed by atoms with van der Waals surface area (Å²) in [6.07, 6.45) is 3.38. The number of nitrogens with zero attached hydrogens (tertiary/aromatic N) is 3. The lowest BCUT2D eigenvalue weighted by atomic mass is 10.1. The van der Waals surface area contributed by atoms with Crippen molar-refractivity contribution in [3.8, 4) is 17.1 Å².